The molecule has 1 aliphatic carbocycles. The van der Waals surface area contributed by atoms with Gasteiger partial charge in [0.15, 0.2) is 0 Å². The Labute approximate surface area is 182 Å². The van der Waals surface area contributed by atoms with Crippen molar-refractivity contribution in [2.45, 2.75) is 30.6 Å². The van der Waals surface area contributed by atoms with E-state index in [9.17, 15) is 18.5 Å². The van der Waals surface area contributed by atoms with Crippen molar-refractivity contribution in [1.82, 2.24) is 8.87 Å². The van der Waals surface area contributed by atoms with E-state index in [2.05, 4.69) is 0 Å². The first-order valence-electron chi connectivity index (χ1n) is 10.0. The Morgan fingerprint density at radius 3 is 2.39 bits per heavy atom. The molecule has 1 aromatic heterocycles. The molecule has 0 N–H and O–H groups in total. The van der Waals surface area contributed by atoms with E-state index < -0.39 is 15.8 Å². The highest BCUT2D eigenvalue weighted by molar-refractivity contribution is 7.90. The third kappa shape index (κ3) is 3.87. The third-order valence-corrected chi connectivity index (χ3v) is 7.12. The van der Waals surface area contributed by atoms with E-state index in [1.165, 1.54) is 18.3 Å². The molecule has 1 fully saturated rings. The van der Waals surface area contributed by atoms with Crippen molar-refractivity contribution in [2.24, 2.45) is 0 Å². The summed E-state index contributed by atoms with van der Waals surface area (Å²) in [4.78, 5) is 14.9. The van der Waals surface area contributed by atoms with Crippen LogP contribution >= 0.6 is 0 Å². The number of carbonyl (C=O) groups is 1. The molecule has 4 rings (SSSR count). The average Bonchev–Trinajstić information content (AvgIpc) is 3.51. The lowest BCUT2D eigenvalue weighted by Crippen LogP contribution is -2.20. The molecule has 2 aromatic carbocycles. The van der Waals surface area contributed by atoms with Gasteiger partial charge < -0.3 is 4.90 Å². The summed E-state index contributed by atoms with van der Waals surface area (Å²) in [7, 11) is -0.658. The number of aryl methyl sites for hydroxylation is 1. The average molecular weight is 434 g/mol. The highest BCUT2D eigenvalue weighted by Crippen LogP contribution is 2.41. The zero-order valence-electron chi connectivity index (χ0n) is 17.7. The van der Waals surface area contributed by atoms with E-state index in [0.29, 0.717) is 16.8 Å². The molecule has 0 unspecified atom stereocenters. The van der Waals surface area contributed by atoms with Crippen molar-refractivity contribution in [3.8, 4) is 6.07 Å². The van der Waals surface area contributed by atoms with E-state index in [1.807, 2.05) is 25.1 Å². The molecule has 31 heavy (non-hydrogen) atoms. The zero-order valence-corrected chi connectivity index (χ0v) is 18.5. The van der Waals surface area contributed by atoms with Crippen LogP contribution in [0, 0.1) is 18.3 Å². The van der Waals surface area contributed by atoms with Crippen molar-refractivity contribution >= 4 is 26.7 Å². The summed E-state index contributed by atoms with van der Waals surface area (Å²) in [5.74, 6) is -0.139. The van der Waals surface area contributed by atoms with Crippen LogP contribution < -0.4 is 0 Å². The number of fused-ring (bicyclic) bond motifs is 1. The second kappa shape index (κ2) is 7.71. The van der Waals surface area contributed by atoms with Gasteiger partial charge in [-0.25, -0.2) is 12.4 Å². The normalized spacial score (nSPS) is 14.5. The number of ketones is 1. The molecule has 1 saturated carbocycles. The molecule has 0 aliphatic heterocycles. The number of aromatic nitrogens is 1. The molecule has 158 valence electrons. The molecule has 6 nitrogen and oxygen atoms in total. The molecule has 1 heterocycles. The number of hydrogen-bond donors (Lipinski definition) is 0. The Bertz CT molecular complexity index is 1350. The number of rotatable bonds is 6. The minimum absolute atomic E-state index is 0.0434. The van der Waals surface area contributed by atoms with Gasteiger partial charge in [0.05, 0.1) is 10.4 Å². The highest BCUT2D eigenvalue weighted by atomic mass is 32.2. The summed E-state index contributed by atoms with van der Waals surface area (Å²) in [5.41, 5.74) is 2.33. The van der Waals surface area contributed by atoms with Crippen LogP contribution in [0.4, 0.5) is 0 Å². The van der Waals surface area contributed by atoms with Crippen LogP contribution in [0.1, 0.15) is 40.4 Å². The van der Waals surface area contributed by atoms with E-state index >= 15 is 0 Å². The van der Waals surface area contributed by atoms with Crippen LogP contribution in [0.3, 0.4) is 0 Å². The van der Waals surface area contributed by atoms with Gasteiger partial charge in [-0.3, -0.25) is 4.79 Å². The summed E-state index contributed by atoms with van der Waals surface area (Å²) in [6.07, 6.45) is 3.63. The van der Waals surface area contributed by atoms with Crippen molar-refractivity contribution in [3.05, 3.63) is 77.1 Å². The number of carbonyl (C=O) groups excluding carboxylic acids is 1. The lowest BCUT2D eigenvalue weighted by molar-refractivity contribution is 0.103. The summed E-state index contributed by atoms with van der Waals surface area (Å²) in [5, 5.41) is 10.2. The first-order chi connectivity index (χ1) is 14.7. The van der Waals surface area contributed by atoms with Gasteiger partial charge in [0.1, 0.15) is 17.3 Å². The fourth-order valence-electron chi connectivity index (χ4n) is 3.65. The number of nitriles is 1. The molecule has 0 amide bonds. The predicted molar refractivity (Wildman–Crippen MR) is 119 cm³/mol. The monoisotopic (exact) mass is 433 g/mol. The second-order valence-corrected chi connectivity index (χ2v) is 9.94. The van der Waals surface area contributed by atoms with Gasteiger partial charge in [-0.05, 0) is 61.6 Å². The van der Waals surface area contributed by atoms with Gasteiger partial charge in [0.2, 0.25) is 5.78 Å². The standard InChI is InChI=1S/C24H23N3O3S/c1-16-4-9-21(10-5-16)31(29,30)27-22-11-8-18(17-6-7-17)12-19(22)13-23(27)24(28)20(14-25)15-26(2)3/h4-5,8-13,15,17H,6-7H2,1-3H3. The molecule has 0 bridgehead atoms. The van der Waals surface area contributed by atoms with Crippen LogP contribution in [0.15, 0.2) is 65.2 Å². The Morgan fingerprint density at radius 2 is 1.81 bits per heavy atom. The maximum absolute atomic E-state index is 13.6. The molecule has 0 spiro atoms. The first-order valence-corrected chi connectivity index (χ1v) is 11.5. The van der Waals surface area contributed by atoms with Crippen LogP contribution in [0.25, 0.3) is 10.9 Å². The number of hydrogen-bond acceptors (Lipinski definition) is 5. The van der Waals surface area contributed by atoms with Gasteiger partial charge in [-0.2, -0.15) is 5.26 Å². The number of allylic oxidation sites excluding steroid dienone is 1. The molecule has 0 radical (unpaired) electrons. The van der Waals surface area contributed by atoms with Gasteiger partial charge in [0.25, 0.3) is 10.0 Å². The van der Waals surface area contributed by atoms with E-state index in [0.717, 1.165) is 27.9 Å². The van der Waals surface area contributed by atoms with Crippen molar-refractivity contribution in [3.63, 3.8) is 0 Å². The molecular formula is C24H23N3O3S. The number of Topliss-reactive ketones (excluding diaryl/α,β-unsaturated/α-hetero) is 1. The van der Waals surface area contributed by atoms with E-state index in [1.54, 1.807) is 43.3 Å². The van der Waals surface area contributed by atoms with Crippen LogP contribution in [0.5, 0.6) is 0 Å². The molecule has 0 atom stereocenters. The Hall–Kier alpha value is -3.37. The third-order valence-electron chi connectivity index (χ3n) is 5.37. The topological polar surface area (TPSA) is 83.2 Å². The maximum Gasteiger partial charge on any atom is 0.268 e. The van der Waals surface area contributed by atoms with Gasteiger partial charge >= 0.3 is 0 Å². The summed E-state index contributed by atoms with van der Waals surface area (Å²) in [6, 6.07) is 15.6. The summed E-state index contributed by atoms with van der Waals surface area (Å²) < 4.78 is 28.3. The number of benzene rings is 2. The minimum atomic E-state index is -4.06. The number of nitrogens with zero attached hydrogens (tertiary/aromatic N) is 3. The van der Waals surface area contributed by atoms with E-state index in [-0.39, 0.29) is 16.2 Å². The SMILES string of the molecule is Cc1ccc(S(=O)(=O)n2c(C(=O)C(C#N)=CN(C)C)cc3cc(C4CC4)ccc32)cc1. The smallest absolute Gasteiger partial charge is 0.268 e. The maximum atomic E-state index is 13.6. The van der Waals surface area contributed by atoms with Crippen LogP contribution in [-0.4, -0.2) is 37.2 Å². The Balaban J connectivity index is 1.97. The van der Waals surface area contributed by atoms with Gasteiger partial charge in [-0.1, -0.05) is 23.8 Å². The molecule has 0 saturated heterocycles. The molecular weight excluding hydrogens is 410 g/mol. The second-order valence-electron chi connectivity index (χ2n) is 8.15. The van der Waals surface area contributed by atoms with Crippen molar-refractivity contribution < 1.29 is 13.2 Å². The lowest BCUT2D eigenvalue weighted by atomic mass is 10.1. The van der Waals surface area contributed by atoms with Gasteiger partial charge in [-0.15, -0.1) is 0 Å². The largest absolute Gasteiger partial charge is 0.382 e. The van der Waals surface area contributed by atoms with Crippen molar-refractivity contribution in [1.29, 1.82) is 5.26 Å². The quantitative estimate of drug-likeness (QED) is 0.330. The molecule has 7 heteroatoms. The summed E-state index contributed by atoms with van der Waals surface area (Å²) >= 11 is 0. The van der Waals surface area contributed by atoms with E-state index in [4.69, 9.17) is 0 Å². The highest BCUT2D eigenvalue weighted by Gasteiger charge is 2.29. The van der Waals surface area contributed by atoms with Gasteiger partial charge in [0, 0.05) is 25.7 Å². The van der Waals surface area contributed by atoms with Crippen molar-refractivity contribution in [2.75, 3.05) is 14.1 Å². The first kappa shape index (κ1) is 20.9. The fraction of sp³-hybridized carbons (Fsp3) is 0.250. The Kier molecular flexibility index (Phi) is 5.19. The molecule has 1 aliphatic rings. The lowest BCUT2D eigenvalue weighted by Gasteiger charge is -2.12. The van der Waals surface area contributed by atoms with Crippen LogP contribution in [0.2, 0.25) is 0 Å². The summed E-state index contributed by atoms with van der Waals surface area (Å²) in [6.45, 7) is 1.88. The fourth-order valence-corrected chi connectivity index (χ4v) is 5.16. The zero-order chi connectivity index (χ0) is 22.3. The van der Waals surface area contributed by atoms with Crippen LogP contribution in [-0.2, 0) is 10.0 Å². The predicted octanol–water partition coefficient (Wildman–Crippen LogP) is 4.22. The Morgan fingerprint density at radius 1 is 1.13 bits per heavy atom. The molecule has 3 aromatic rings. The minimum Gasteiger partial charge on any atom is -0.382 e.